The maximum absolute atomic E-state index is 11.5. The van der Waals surface area contributed by atoms with Crippen LogP contribution in [0.2, 0.25) is 0 Å². The van der Waals surface area contributed by atoms with Gasteiger partial charge in [-0.3, -0.25) is 4.90 Å². The van der Waals surface area contributed by atoms with Gasteiger partial charge < -0.3 is 14.8 Å². The molecule has 1 aromatic carbocycles. The van der Waals surface area contributed by atoms with Crippen LogP contribution in [0.25, 0.3) is 0 Å². The monoisotopic (exact) mass is 262 g/mol. The zero-order valence-electron chi connectivity index (χ0n) is 10.7. The van der Waals surface area contributed by atoms with Crippen LogP contribution in [0.4, 0.5) is 4.79 Å². The molecule has 3 rings (SSSR count). The van der Waals surface area contributed by atoms with Crippen molar-refractivity contribution in [2.75, 3.05) is 32.8 Å². The van der Waals surface area contributed by atoms with E-state index in [1.54, 1.807) is 0 Å². The average Bonchev–Trinajstić information content (AvgIpc) is 2.82. The van der Waals surface area contributed by atoms with E-state index in [1.807, 2.05) is 30.3 Å². The van der Waals surface area contributed by atoms with Gasteiger partial charge in [0.25, 0.3) is 0 Å². The van der Waals surface area contributed by atoms with Gasteiger partial charge in [-0.2, -0.15) is 0 Å². The molecule has 2 heterocycles. The van der Waals surface area contributed by atoms with Gasteiger partial charge in [0.05, 0.1) is 19.3 Å². The molecule has 2 saturated heterocycles. The van der Waals surface area contributed by atoms with Gasteiger partial charge in [0, 0.05) is 19.6 Å². The van der Waals surface area contributed by atoms with Crippen LogP contribution in [0.5, 0.6) is 0 Å². The Kier molecular flexibility index (Phi) is 3.66. The van der Waals surface area contributed by atoms with Gasteiger partial charge in [-0.25, -0.2) is 4.79 Å². The summed E-state index contributed by atoms with van der Waals surface area (Å²) in [5, 5.41) is 2.91. The fourth-order valence-electron chi connectivity index (χ4n) is 2.60. The molecular formula is C14H18N2O3. The summed E-state index contributed by atoms with van der Waals surface area (Å²) in [7, 11) is 0. The van der Waals surface area contributed by atoms with Crippen LogP contribution in [0, 0.1) is 0 Å². The van der Waals surface area contributed by atoms with Crippen LogP contribution >= 0.6 is 0 Å². The number of carbonyl (C=O) groups is 1. The maximum Gasteiger partial charge on any atom is 0.408 e. The summed E-state index contributed by atoms with van der Waals surface area (Å²) >= 11 is 0. The van der Waals surface area contributed by atoms with Crippen molar-refractivity contribution in [1.29, 1.82) is 0 Å². The normalized spacial score (nSPS) is 27.9. The van der Waals surface area contributed by atoms with Crippen LogP contribution in [-0.4, -0.2) is 49.9 Å². The number of alkyl carbamates (subject to hydrolysis) is 1. The number of nitrogens with zero attached hydrogens (tertiary/aromatic N) is 1. The fourth-order valence-corrected chi connectivity index (χ4v) is 2.60. The predicted molar refractivity (Wildman–Crippen MR) is 69.8 cm³/mol. The molecule has 2 aliphatic heterocycles. The van der Waals surface area contributed by atoms with E-state index in [1.165, 1.54) is 0 Å². The molecule has 2 aliphatic rings. The second-order valence-electron chi connectivity index (χ2n) is 4.90. The van der Waals surface area contributed by atoms with Crippen LogP contribution in [0.15, 0.2) is 30.3 Å². The summed E-state index contributed by atoms with van der Waals surface area (Å²) in [4.78, 5) is 13.8. The molecule has 19 heavy (non-hydrogen) atoms. The summed E-state index contributed by atoms with van der Waals surface area (Å²) in [6, 6.07) is 9.90. The van der Waals surface area contributed by atoms with Crippen LogP contribution in [0.3, 0.4) is 0 Å². The van der Waals surface area contributed by atoms with E-state index in [0.29, 0.717) is 0 Å². The Labute approximate surface area is 112 Å². The van der Waals surface area contributed by atoms with Crippen molar-refractivity contribution in [3.05, 3.63) is 35.9 Å². The summed E-state index contributed by atoms with van der Waals surface area (Å²) in [6.07, 6.45) is -0.524. The van der Waals surface area contributed by atoms with Crippen LogP contribution < -0.4 is 5.32 Å². The third-order valence-electron chi connectivity index (χ3n) is 3.59. The lowest BCUT2D eigenvalue weighted by atomic mass is 10.0. The minimum atomic E-state index is -0.327. The highest BCUT2D eigenvalue weighted by Gasteiger charge is 2.36. The number of benzene rings is 1. The minimum Gasteiger partial charge on any atom is -0.439 e. The van der Waals surface area contributed by atoms with Crippen LogP contribution in [0.1, 0.15) is 11.7 Å². The lowest BCUT2D eigenvalue weighted by Gasteiger charge is -2.30. The Morgan fingerprint density at radius 2 is 1.95 bits per heavy atom. The highest BCUT2D eigenvalue weighted by molar-refractivity contribution is 5.70. The van der Waals surface area contributed by atoms with Crippen LogP contribution in [-0.2, 0) is 9.47 Å². The van der Waals surface area contributed by atoms with Gasteiger partial charge in [0.2, 0.25) is 0 Å². The van der Waals surface area contributed by atoms with Gasteiger partial charge in [-0.1, -0.05) is 30.3 Å². The van der Waals surface area contributed by atoms with Crippen molar-refractivity contribution < 1.29 is 14.3 Å². The standard InChI is InChI=1S/C14H18N2O3/c17-14-15-12(10-16-6-8-18-9-7-16)13(19-14)11-4-2-1-3-5-11/h1-5,12-13H,6-10H2,(H,15,17)/t12-,13-/m1/s1. The lowest BCUT2D eigenvalue weighted by molar-refractivity contribution is 0.0293. The minimum absolute atomic E-state index is 0.00741. The maximum atomic E-state index is 11.5. The molecule has 0 saturated carbocycles. The van der Waals surface area contributed by atoms with Crippen molar-refractivity contribution in [1.82, 2.24) is 10.2 Å². The van der Waals surface area contributed by atoms with E-state index in [0.717, 1.165) is 38.4 Å². The SMILES string of the molecule is O=C1N[C@H](CN2CCOCC2)[C@@H](c2ccccc2)O1. The van der Waals surface area contributed by atoms with E-state index in [2.05, 4.69) is 10.2 Å². The Morgan fingerprint density at radius 3 is 2.68 bits per heavy atom. The van der Waals surface area contributed by atoms with Crippen molar-refractivity contribution in [2.24, 2.45) is 0 Å². The summed E-state index contributed by atoms with van der Waals surface area (Å²) < 4.78 is 10.7. The lowest BCUT2D eigenvalue weighted by Crippen LogP contribution is -2.45. The number of hydrogen-bond donors (Lipinski definition) is 1. The molecule has 0 unspecified atom stereocenters. The molecule has 5 nitrogen and oxygen atoms in total. The first-order valence-corrected chi connectivity index (χ1v) is 6.65. The first-order chi connectivity index (χ1) is 9.33. The molecule has 1 aromatic rings. The number of amides is 1. The predicted octanol–water partition coefficient (Wildman–Crippen LogP) is 1.17. The van der Waals surface area contributed by atoms with Crippen molar-refractivity contribution in [2.45, 2.75) is 12.1 Å². The van der Waals surface area contributed by atoms with Crippen molar-refractivity contribution in [3.63, 3.8) is 0 Å². The first-order valence-electron chi connectivity index (χ1n) is 6.65. The molecular weight excluding hydrogens is 244 g/mol. The molecule has 0 bridgehead atoms. The van der Waals surface area contributed by atoms with E-state index in [4.69, 9.17) is 9.47 Å². The molecule has 0 aromatic heterocycles. The Hall–Kier alpha value is -1.59. The highest BCUT2D eigenvalue weighted by Crippen LogP contribution is 2.26. The summed E-state index contributed by atoms with van der Waals surface area (Å²) in [5.74, 6) is 0. The first kappa shape index (κ1) is 12.4. The van der Waals surface area contributed by atoms with Gasteiger partial charge >= 0.3 is 6.09 Å². The van der Waals surface area contributed by atoms with Crippen molar-refractivity contribution in [3.8, 4) is 0 Å². The molecule has 2 atom stereocenters. The largest absolute Gasteiger partial charge is 0.439 e. The van der Waals surface area contributed by atoms with Gasteiger partial charge in [0.15, 0.2) is 6.10 Å². The molecule has 1 amide bonds. The average molecular weight is 262 g/mol. The number of rotatable bonds is 3. The molecule has 1 N–H and O–H groups in total. The number of morpholine rings is 1. The second-order valence-corrected chi connectivity index (χ2v) is 4.90. The highest BCUT2D eigenvalue weighted by atomic mass is 16.6. The zero-order chi connectivity index (χ0) is 13.1. The number of cyclic esters (lactones) is 1. The molecule has 2 fully saturated rings. The number of hydrogen-bond acceptors (Lipinski definition) is 4. The quantitative estimate of drug-likeness (QED) is 0.888. The molecule has 0 radical (unpaired) electrons. The number of ether oxygens (including phenoxy) is 2. The Balaban J connectivity index is 1.69. The van der Waals surface area contributed by atoms with E-state index < -0.39 is 0 Å². The van der Waals surface area contributed by atoms with E-state index >= 15 is 0 Å². The number of nitrogens with one attached hydrogen (secondary N) is 1. The van der Waals surface area contributed by atoms with Gasteiger partial charge in [0.1, 0.15) is 0 Å². The molecule has 0 aliphatic carbocycles. The topological polar surface area (TPSA) is 50.8 Å². The fraction of sp³-hybridized carbons (Fsp3) is 0.500. The second kappa shape index (κ2) is 5.59. The van der Waals surface area contributed by atoms with Gasteiger partial charge in [-0.15, -0.1) is 0 Å². The molecule has 5 heteroatoms. The zero-order valence-corrected chi connectivity index (χ0v) is 10.7. The third kappa shape index (κ3) is 2.88. The van der Waals surface area contributed by atoms with Gasteiger partial charge in [-0.05, 0) is 5.56 Å². The van der Waals surface area contributed by atoms with E-state index in [-0.39, 0.29) is 18.2 Å². The summed E-state index contributed by atoms with van der Waals surface area (Å²) in [5.41, 5.74) is 1.04. The molecule has 102 valence electrons. The Bertz CT molecular complexity index is 432. The van der Waals surface area contributed by atoms with E-state index in [9.17, 15) is 4.79 Å². The smallest absolute Gasteiger partial charge is 0.408 e. The van der Waals surface area contributed by atoms with Crippen molar-refractivity contribution >= 4 is 6.09 Å². The molecule has 0 spiro atoms. The Morgan fingerprint density at radius 1 is 1.21 bits per heavy atom. The third-order valence-corrected chi connectivity index (χ3v) is 3.59. The summed E-state index contributed by atoms with van der Waals surface area (Å²) in [6.45, 7) is 4.14. The number of carbonyl (C=O) groups excluding carboxylic acids is 1.